The molecule has 0 radical (unpaired) electrons. The van der Waals surface area contributed by atoms with Gasteiger partial charge in [0.25, 0.3) is 0 Å². The number of aryl methyl sites for hydroxylation is 1. The highest BCUT2D eigenvalue weighted by atomic mass is 19.4. The minimum atomic E-state index is -4.88. The summed E-state index contributed by atoms with van der Waals surface area (Å²) in [5, 5.41) is 14.7. The van der Waals surface area contributed by atoms with Crippen molar-refractivity contribution >= 4 is 17.6 Å². The van der Waals surface area contributed by atoms with Crippen LogP contribution in [0.25, 0.3) is 0 Å². The minimum absolute atomic E-state index is 0.0229. The first-order valence-corrected chi connectivity index (χ1v) is 7.92. The lowest BCUT2D eigenvalue weighted by Gasteiger charge is -2.36. The molecule has 1 aromatic carbocycles. The number of nitrogens with one attached hydrogen (secondary N) is 2. The van der Waals surface area contributed by atoms with E-state index >= 15 is 0 Å². The number of amides is 1. The molecule has 1 heterocycles. The van der Waals surface area contributed by atoms with Crippen LogP contribution in [-0.2, 0) is 11.2 Å². The van der Waals surface area contributed by atoms with Crippen molar-refractivity contribution in [2.45, 2.75) is 25.4 Å². The normalized spacial score (nSPS) is 15.3. The predicted octanol–water partition coefficient (Wildman–Crippen LogP) is 3.09. The van der Waals surface area contributed by atoms with Gasteiger partial charge in [0.15, 0.2) is 11.6 Å². The lowest BCUT2D eigenvalue weighted by molar-refractivity contribution is -0.131. The molecule has 0 spiro atoms. The van der Waals surface area contributed by atoms with E-state index in [-0.39, 0.29) is 44.5 Å². The number of nitrogens with zero attached hydrogens (tertiary/aromatic N) is 2. The van der Waals surface area contributed by atoms with Gasteiger partial charge in [-0.3, -0.25) is 15.6 Å². The van der Waals surface area contributed by atoms with E-state index in [2.05, 4.69) is 0 Å². The molecule has 5 nitrogen and oxygen atoms in total. The molecule has 2 N–H and O–H groups in total. The summed E-state index contributed by atoms with van der Waals surface area (Å²) in [5.41, 5.74) is -0.0853. The van der Waals surface area contributed by atoms with Crippen LogP contribution in [0.2, 0.25) is 0 Å². The van der Waals surface area contributed by atoms with E-state index in [1.807, 2.05) is 0 Å². The zero-order chi connectivity index (χ0) is 20.4. The van der Waals surface area contributed by atoms with Crippen molar-refractivity contribution in [3.63, 3.8) is 0 Å². The first-order chi connectivity index (χ1) is 12.5. The fraction of sp³-hybridized carbons (Fsp3) is 0.438. The average molecular weight is 394 g/mol. The molecular weight excluding hydrogens is 378 g/mol. The molecule has 2 rings (SSSR count). The van der Waals surface area contributed by atoms with Crippen molar-refractivity contribution in [1.29, 1.82) is 10.8 Å². The van der Waals surface area contributed by atoms with Crippen LogP contribution < -0.4 is 0 Å². The SMILES string of the molecule is N=C1CN(C(=O)CCCc2cc(F)c(F)cc2F)CCN1C(=N)C(F)(F)F. The van der Waals surface area contributed by atoms with Gasteiger partial charge < -0.3 is 9.80 Å². The third kappa shape index (κ3) is 4.98. The van der Waals surface area contributed by atoms with E-state index < -0.39 is 41.2 Å². The summed E-state index contributed by atoms with van der Waals surface area (Å²) in [4.78, 5) is 13.8. The Bertz CT molecular complexity index is 764. The van der Waals surface area contributed by atoms with Crippen molar-refractivity contribution < 1.29 is 31.1 Å². The predicted molar refractivity (Wildman–Crippen MR) is 84.0 cm³/mol. The summed E-state index contributed by atoms with van der Waals surface area (Å²) < 4.78 is 77.2. The molecule has 1 fully saturated rings. The number of amidine groups is 2. The van der Waals surface area contributed by atoms with Crippen molar-refractivity contribution in [3.05, 3.63) is 35.1 Å². The molecule has 1 aromatic rings. The lowest BCUT2D eigenvalue weighted by Crippen LogP contribution is -2.56. The summed E-state index contributed by atoms with van der Waals surface area (Å²) in [6, 6.07) is 1.13. The second-order valence-electron chi connectivity index (χ2n) is 5.97. The quantitative estimate of drug-likeness (QED) is 0.357. The number of benzene rings is 1. The highest BCUT2D eigenvalue weighted by molar-refractivity contribution is 6.02. The number of hydrogen-bond acceptors (Lipinski definition) is 3. The van der Waals surface area contributed by atoms with Crippen LogP contribution in [0.1, 0.15) is 18.4 Å². The molecule has 0 bridgehead atoms. The van der Waals surface area contributed by atoms with Crippen molar-refractivity contribution in [2.24, 2.45) is 0 Å². The Morgan fingerprint density at radius 1 is 1.07 bits per heavy atom. The Hall–Kier alpha value is -2.59. The average Bonchev–Trinajstić information content (AvgIpc) is 2.57. The summed E-state index contributed by atoms with van der Waals surface area (Å²) in [6.45, 7) is -0.809. The second kappa shape index (κ2) is 7.97. The third-order valence-corrected chi connectivity index (χ3v) is 4.08. The van der Waals surface area contributed by atoms with Gasteiger partial charge in [0.2, 0.25) is 11.7 Å². The Balaban J connectivity index is 1.87. The van der Waals surface area contributed by atoms with Gasteiger partial charge in [0.1, 0.15) is 11.7 Å². The second-order valence-corrected chi connectivity index (χ2v) is 5.97. The Morgan fingerprint density at radius 2 is 1.70 bits per heavy atom. The van der Waals surface area contributed by atoms with Crippen LogP contribution >= 0.6 is 0 Å². The fourth-order valence-corrected chi connectivity index (χ4v) is 2.66. The first-order valence-electron chi connectivity index (χ1n) is 7.92. The maximum absolute atomic E-state index is 13.5. The van der Waals surface area contributed by atoms with Crippen molar-refractivity contribution in [1.82, 2.24) is 9.80 Å². The van der Waals surface area contributed by atoms with E-state index in [4.69, 9.17) is 10.8 Å². The maximum atomic E-state index is 13.5. The monoisotopic (exact) mass is 394 g/mol. The lowest BCUT2D eigenvalue weighted by atomic mass is 10.1. The molecule has 148 valence electrons. The first kappa shape index (κ1) is 20.7. The van der Waals surface area contributed by atoms with Crippen LogP contribution in [0.4, 0.5) is 26.3 Å². The van der Waals surface area contributed by atoms with E-state index in [0.29, 0.717) is 17.0 Å². The topological polar surface area (TPSA) is 71.2 Å². The van der Waals surface area contributed by atoms with Gasteiger partial charge >= 0.3 is 6.18 Å². The van der Waals surface area contributed by atoms with Crippen LogP contribution in [0, 0.1) is 28.3 Å². The van der Waals surface area contributed by atoms with Gasteiger partial charge in [-0.15, -0.1) is 0 Å². The molecule has 1 aliphatic rings. The number of halogens is 6. The van der Waals surface area contributed by atoms with Crippen molar-refractivity contribution in [3.8, 4) is 0 Å². The third-order valence-electron chi connectivity index (χ3n) is 4.08. The largest absolute Gasteiger partial charge is 0.449 e. The summed E-state index contributed by atoms with van der Waals surface area (Å²) in [6.07, 6.45) is -4.88. The summed E-state index contributed by atoms with van der Waals surface area (Å²) in [7, 11) is 0. The smallest absolute Gasteiger partial charge is 0.333 e. The molecule has 0 aliphatic carbocycles. The maximum Gasteiger partial charge on any atom is 0.449 e. The molecule has 1 aliphatic heterocycles. The molecule has 0 atom stereocenters. The number of rotatable bonds is 4. The van der Waals surface area contributed by atoms with Gasteiger partial charge in [0.05, 0.1) is 6.54 Å². The molecule has 1 amide bonds. The Labute approximate surface area is 150 Å². The van der Waals surface area contributed by atoms with Gasteiger partial charge in [0, 0.05) is 25.6 Å². The standard InChI is InChI=1S/C16H16F6N4O/c17-10-7-12(19)11(18)6-9(10)2-1-3-14(27)25-4-5-26(13(23)8-25)15(24)16(20,21)22/h6-7,23-24H,1-5,8H2. The minimum Gasteiger partial charge on any atom is -0.333 e. The Kier molecular flexibility index (Phi) is 6.11. The van der Waals surface area contributed by atoms with Crippen LogP contribution in [0.15, 0.2) is 12.1 Å². The number of alkyl halides is 3. The molecule has 27 heavy (non-hydrogen) atoms. The zero-order valence-electron chi connectivity index (χ0n) is 14.0. The van der Waals surface area contributed by atoms with Gasteiger partial charge in [-0.2, -0.15) is 13.2 Å². The molecule has 1 saturated heterocycles. The summed E-state index contributed by atoms with van der Waals surface area (Å²) >= 11 is 0. The Morgan fingerprint density at radius 3 is 2.30 bits per heavy atom. The van der Waals surface area contributed by atoms with Gasteiger partial charge in [-0.05, 0) is 24.5 Å². The number of carbonyl (C=O) groups is 1. The highest BCUT2D eigenvalue weighted by Gasteiger charge is 2.41. The molecule has 0 unspecified atom stereocenters. The van der Waals surface area contributed by atoms with Gasteiger partial charge in [-0.25, -0.2) is 13.2 Å². The molecule has 0 saturated carbocycles. The zero-order valence-corrected chi connectivity index (χ0v) is 14.0. The van der Waals surface area contributed by atoms with E-state index in [1.54, 1.807) is 0 Å². The molecular formula is C16H16F6N4O. The van der Waals surface area contributed by atoms with Crippen LogP contribution in [0.3, 0.4) is 0 Å². The highest BCUT2D eigenvalue weighted by Crippen LogP contribution is 2.21. The van der Waals surface area contributed by atoms with Gasteiger partial charge in [-0.1, -0.05) is 0 Å². The van der Waals surface area contributed by atoms with Crippen LogP contribution in [-0.4, -0.2) is 53.2 Å². The number of carbonyl (C=O) groups excluding carboxylic acids is 1. The van der Waals surface area contributed by atoms with E-state index in [9.17, 15) is 31.1 Å². The molecule has 11 heteroatoms. The van der Waals surface area contributed by atoms with Crippen molar-refractivity contribution in [2.75, 3.05) is 19.6 Å². The van der Waals surface area contributed by atoms with Crippen LogP contribution in [0.5, 0.6) is 0 Å². The number of piperazine rings is 1. The molecule has 0 aromatic heterocycles. The van der Waals surface area contributed by atoms with E-state index in [1.165, 1.54) is 4.90 Å². The van der Waals surface area contributed by atoms with E-state index in [0.717, 1.165) is 0 Å². The summed E-state index contributed by atoms with van der Waals surface area (Å²) in [5.74, 6) is -6.08. The fourth-order valence-electron chi connectivity index (χ4n) is 2.66. The number of hydrogen-bond donors (Lipinski definition) is 2.